The van der Waals surface area contributed by atoms with Crippen LogP contribution < -0.4 is 0 Å². The van der Waals surface area contributed by atoms with Gasteiger partial charge >= 0.3 is 17.9 Å². The van der Waals surface area contributed by atoms with Gasteiger partial charge in [0.25, 0.3) is 0 Å². The van der Waals surface area contributed by atoms with Crippen LogP contribution in [-0.2, 0) is 28.6 Å². The van der Waals surface area contributed by atoms with E-state index < -0.39 is 0 Å². The van der Waals surface area contributed by atoms with Crippen molar-refractivity contribution in [3.63, 3.8) is 0 Å². The number of hydrogen-bond donors (Lipinski definition) is 0. The van der Waals surface area contributed by atoms with Crippen LogP contribution in [0.4, 0.5) is 0 Å². The molecule has 0 saturated heterocycles. The quantitative estimate of drug-likeness (QED) is 0.0265. The lowest BCUT2D eigenvalue weighted by Crippen LogP contribution is -2.18. The summed E-state index contributed by atoms with van der Waals surface area (Å²) < 4.78 is 17.2. The van der Waals surface area contributed by atoms with Gasteiger partial charge in [0.1, 0.15) is 12.2 Å². The van der Waals surface area contributed by atoms with E-state index in [1.165, 1.54) is 103 Å². The molecule has 2 atom stereocenters. The van der Waals surface area contributed by atoms with Crippen LogP contribution >= 0.6 is 0 Å². The van der Waals surface area contributed by atoms with E-state index in [9.17, 15) is 14.4 Å². The summed E-state index contributed by atoms with van der Waals surface area (Å²) in [6, 6.07) is 0. The number of esters is 3. The third-order valence-corrected chi connectivity index (χ3v) is 11.1. The second-order valence-corrected chi connectivity index (χ2v) is 16.6. The summed E-state index contributed by atoms with van der Waals surface area (Å²) in [7, 11) is 0. The number of carbonyl (C=O) groups is 3. The minimum absolute atomic E-state index is 0.00125. The number of hydrogen-bond acceptors (Lipinski definition) is 6. The van der Waals surface area contributed by atoms with Crippen molar-refractivity contribution in [2.75, 3.05) is 6.61 Å². The van der Waals surface area contributed by atoms with E-state index in [4.69, 9.17) is 14.2 Å². The maximum atomic E-state index is 12.9. The van der Waals surface area contributed by atoms with E-state index in [1.54, 1.807) is 0 Å². The van der Waals surface area contributed by atoms with Gasteiger partial charge in [-0.3, -0.25) is 14.4 Å². The number of ether oxygens (including phenoxy) is 3. The van der Waals surface area contributed by atoms with Gasteiger partial charge in [-0.25, -0.2) is 0 Å². The van der Waals surface area contributed by atoms with Crippen LogP contribution in [0.25, 0.3) is 0 Å². The summed E-state index contributed by atoms with van der Waals surface area (Å²) in [5.41, 5.74) is 0. The molecule has 0 saturated carbocycles. The Labute approximate surface area is 348 Å². The molecule has 6 nitrogen and oxygen atoms in total. The summed E-state index contributed by atoms with van der Waals surface area (Å²) in [6.07, 6.45) is 46.4. The van der Waals surface area contributed by atoms with Crippen molar-refractivity contribution in [3.8, 4) is 0 Å². The molecule has 2 unspecified atom stereocenters. The zero-order valence-electron chi connectivity index (χ0n) is 37.8. The molecular weight excluding hydrogens is 697 g/mol. The minimum Gasteiger partial charge on any atom is -0.466 e. The van der Waals surface area contributed by atoms with Crippen LogP contribution in [0.15, 0.2) is 12.2 Å². The molecule has 0 heterocycles. The van der Waals surface area contributed by atoms with E-state index >= 15 is 0 Å². The van der Waals surface area contributed by atoms with Crippen LogP contribution in [0.1, 0.15) is 272 Å². The van der Waals surface area contributed by atoms with Gasteiger partial charge in [-0.2, -0.15) is 0 Å². The molecule has 0 fully saturated rings. The smallest absolute Gasteiger partial charge is 0.306 e. The Balaban J connectivity index is 4.51. The van der Waals surface area contributed by atoms with Crippen LogP contribution in [-0.4, -0.2) is 36.7 Å². The van der Waals surface area contributed by atoms with E-state index in [0.717, 1.165) is 122 Å². The lowest BCUT2D eigenvalue weighted by atomic mass is 10.0. The Morgan fingerprint density at radius 1 is 0.375 bits per heavy atom. The van der Waals surface area contributed by atoms with E-state index in [2.05, 4.69) is 32.9 Å². The van der Waals surface area contributed by atoms with Crippen molar-refractivity contribution in [3.05, 3.63) is 12.2 Å². The average Bonchev–Trinajstić information content (AvgIpc) is 3.18. The molecular formula is C50H94O6. The number of unbranched alkanes of at least 4 members (excludes halogenated alkanes) is 25. The van der Waals surface area contributed by atoms with Gasteiger partial charge in [0.05, 0.1) is 6.61 Å². The van der Waals surface area contributed by atoms with Gasteiger partial charge < -0.3 is 14.2 Å². The van der Waals surface area contributed by atoms with Gasteiger partial charge in [-0.1, -0.05) is 168 Å². The fourth-order valence-electron chi connectivity index (χ4n) is 7.60. The highest BCUT2D eigenvalue weighted by Gasteiger charge is 2.16. The van der Waals surface area contributed by atoms with E-state index in [1.807, 2.05) is 6.92 Å². The largest absolute Gasteiger partial charge is 0.466 e. The van der Waals surface area contributed by atoms with Gasteiger partial charge in [0, 0.05) is 19.3 Å². The van der Waals surface area contributed by atoms with Crippen molar-refractivity contribution >= 4 is 17.9 Å². The number of allylic oxidation sites excluding steroid dienone is 2. The van der Waals surface area contributed by atoms with Crippen molar-refractivity contribution in [2.24, 2.45) is 0 Å². The Morgan fingerprint density at radius 2 is 0.696 bits per heavy atom. The third kappa shape index (κ3) is 40.4. The number of rotatable bonds is 44. The fourth-order valence-corrected chi connectivity index (χ4v) is 7.60. The Hall–Kier alpha value is -1.85. The normalized spacial score (nSPS) is 12.6. The predicted octanol–water partition coefficient (Wildman–Crippen LogP) is 15.8. The summed E-state index contributed by atoms with van der Waals surface area (Å²) >= 11 is 0. The Bertz CT molecular complexity index is 885. The molecule has 0 radical (unpaired) electrons. The van der Waals surface area contributed by atoms with E-state index in [0.29, 0.717) is 25.9 Å². The van der Waals surface area contributed by atoms with Crippen LogP contribution in [0, 0.1) is 0 Å². The fraction of sp³-hybridized carbons (Fsp3) is 0.900. The number of carbonyl (C=O) groups excluding carboxylic acids is 3. The monoisotopic (exact) mass is 791 g/mol. The molecule has 0 aliphatic carbocycles. The molecule has 0 aromatic heterocycles. The molecule has 0 aromatic rings. The maximum absolute atomic E-state index is 12.9. The van der Waals surface area contributed by atoms with Crippen molar-refractivity contribution in [1.29, 1.82) is 0 Å². The first-order valence-corrected chi connectivity index (χ1v) is 24.7. The molecule has 0 aromatic carbocycles. The summed E-state index contributed by atoms with van der Waals surface area (Å²) in [4.78, 5) is 37.2. The van der Waals surface area contributed by atoms with Crippen LogP contribution in [0.5, 0.6) is 0 Å². The topological polar surface area (TPSA) is 78.9 Å². The second-order valence-electron chi connectivity index (χ2n) is 16.6. The molecule has 6 heteroatoms. The molecule has 0 aliphatic heterocycles. The molecule has 0 bridgehead atoms. The highest BCUT2D eigenvalue weighted by Crippen LogP contribution is 2.21. The lowest BCUT2D eigenvalue weighted by molar-refractivity contribution is -0.151. The van der Waals surface area contributed by atoms with Gasteiger partial charge in [0.2, 0.25) is 0 Å². The Kier molecular flexibility index (Phi) is 42.8. The first-order chi connectivity index (χ1) is 27.5. The predicted molar refractivity (Wildman–Crippen MR) is 238 cm³/mol. The van der Waals surface area contributed by atoms with Crippen LogP contribution in [0.3, 0.4) is 0 Å². The SMILES string of the molecule is CC/C=C/CCCCCCCC(=O)OC(CCCCCCCCC)CCCCCCCC(=O)OC(CCCCCCCCC)CCCCCCCC(=O)OCC. The first-order valence-electron chi connectivity index (χ1n) is 24.7. The minimum atomic E-state index is -0.0898. The van der Waals surface area contributed by atoms with Crippen molar-refractivity contribution in [2.45, 2.75) is 284 Å². The van der Waals surface area contributed by atoms with Gasteiger partial charge in [-0.05, 0) is 96.8 Å². The van der Waals surface area contributed by atoms with Gasteiger partial charge in [-0.15, -0.1) is 0 Å². The molecule has 0 N–H and O–H groups in total. The average molecular weight is 791 g/mol. The molecule has 330 valence electrons. The van der Waals surface area contributed by atoms with Crippen LogP contribution in [0.2, 0.25) is 0 Å². The van der Waals surface area contributed by atoms with Crippen molar-refractivity contribution in [1.82, 2.24) is 0 Å². The maximum Gasteiger partial charge on any atom is 0.306 e. The third-order valence-electron chi connectivity index (χ3n) is 11.1. The van der Waals surface area contributed by atoms with Crippen molar-refractivity contribution < 1.29 is 28.6 Å². The molecule has 0 spiro atoms. The molecule has 0 rings (SSSR count). The van der Waals surface area contributed by atoms with Gasteiger partial charge in [0.15, 0.2) is 0 Å². The lowest BCUT2D eigenvalue weighted by Gasteiger charge is -2.19. The zero-order valence-corrected chi connectivity index (χ0v) is 37.8. The molecule has 0 amide bonds. The molecule has 56 heavy (non-hydrogen) atoms. The summed E-state index contributed by atoms with van der Waals surface area (Å²) in [5.74, 6) is -0.121. The standard InChI is InChI=1S/C50H94O6/c1-5-9-12-15-18-19-22-29-37-44-49(52)55-47(40-33-26-21-17-14-11-7-3)42-35-28-24-31-38-45-50(53)56-46(39-32-25-20-16-13-10-6-2)41-34-27-23-30-36-43-48(51)54-8-4/h9,12,46-47H,5-8,10-11,13-45H2,1-4H3/b12-9+. The highest BCUT2D eigenvalue weighted by molar-refractivity contribution is 5.70. The highest BCUT2D eigenvalue weighted by atomic mass is 16.5. The van der Waals surface area contributed by atoms with E-state index in [-0.39, 0.29) is 30.1 Å². The summed E-state index contributed by atoms with van der Waals surface area (Å²) in [6.45, 7) is 9.00. The summed E-state index contributed by atoms with van der Waals surface area (Å²) in [5, 5.41) is 0. The zero-order chi connectivity index (χ0) is 41.0. The molecule has 0 aliphatic rings. The first kappa shape index (κ1) is 54.2. The Morgan fingerprint density at radius 3 is 1.05 bits per heavy atom. The second kappa shape index (κ2) is 44.3.